The number of carboxylic acid groups (broad SMARTS) is 1. The van der Waals surface area contributed by atoms with Gasteiger partial charge in [0.05, 0.1) is 5.41 Å². The van der Waals surface area contributed by atoms with Crippen LogP contribution in [0, 0.1) is 0 Å². The van der Waals surface area contributed by atoms with Crippen LogP contribution in [0.1, 0.15) is 57.4 Å². The average Bonchev–Trinajstić information content (AvgIpc) is 3.06. The highest BCUT2D eigenvalue weighted by Crippen LogP contribution is 2.43. The monoisotopic (exact) mass is 386 g/mol. The first kappa shape index (κ1) is 20.4. The van der Waals surface area contributed by atoms with Crippen LogP contribution in [0.2, 0.25) is 0 Å². The molecule has 1 aliphatic heterocycles. The molecule has 1 unspecified atom stereocenters. The number of benzene rings is 1. The number of nitrogens with zero attached hydrogens (tertiary/aromatic N) is 2. The van der Waals surface area contributed by atoms with E-state index >= 15 is 0 Å². The SMILES string of the molecule is CC(=O)N(CC(=O)O)C1CCCN(C(=O)C2(c3ccccc3)CCCC2)CC1. The van der Waals surface area contributed by atoms with Gasteiger partial charge >= 0.3 is 5.97 Å². The predicted octanol–water partition coefficient (Wildman–Crippen LogP) is 2.81. The van der Waals surface area contributed by atoms with Crippen LogP contribution in [0.25, 0.3) is 0 Å². The number of hydrogen-bond donors (Lipinski definition) is 1. The minimum atomic E-state index is -0.999. The van der Waals surface area contributed by atoms with Crippen LogP contribution in [-0.4, -0.2) is 58.4 Å². The van der Waals surface area contributed by atoms with Crippen molar-refractivity contribution in [2.75, 3.05) is 19.6 Å². The highest BCUT2D eigenvalue weighted by Gasteiger charge is 2.45. The molecule has 0 bridgehead atoms. The van der Waals surface area contributed by atoms with Crippen molar-refractivity contribution in [2.24, 2.45) is 0 Å². The first-order valence-electron chi connectivity index (χ1n) is 10.3. The van der Waals surface area contributed by atoms with Gasteiger partial charge in [-0.25, -0.2) is 0 Å². The summed E-state index contributed by atoms with van der Waals surface area (Å²) >= 11 is 0. The van der Waals surface area contributed by atoms with Crippen LogP contribution in [0.4, 0.5) is 0 Å². The van der Waals surface area contributed by atoms with Gasteiger partial charge in [0.2, 0.25) is 11.8 Å². The van der Waals surface area contributed by atoms with E-state index in [1.165, 1.54) is 11.8 Å². The molecule has 1 saturated heterocycles. The molecule has 1 N–H and O–H groups in total. The maximum Gasteiger partial charge on any atom is 0.323 e. The summed E-state index contributed by atoms with van der Waals surface area (Å²) in [5.41, 5.74) is 0.678. The number of rotatable bonds is 5. The summed E-state index contributed by atoms with van der Waals surface area (Å²) < 4.78 is 0. The number of carbonyl (C=O) groups excluding carboxylic acids is 2. The third-order valence-corrected chi connectivity index (χ3v) is 6.33. The maximum atomic E-state index is 13.6. The standard InChI is InChI=1S/C22H30N2O4/c1-17(25)24(16-20(26)27)19-10-7-14-23(15-11-19)21(28)22(12-5-6-13-22)18-8-3-2-4-9-18/h2-4,8-9,19H,5-7,10-16H2,1H3,(H,26,27). The summed E-state index contributed by atoms with van der Waals surface area (Å²) in [6.07, 6.45) is 6.04. The third-order valence-electron chi connectivity index (χ3n) is 6.33. The van der Waals surface area contributed by atoms with Crippen molar-refractivity contribution in [3.8, 4) is 0 Å². The second-order valence-electron chi connectivity index (χ2n) is 8.07. The van der Waals surface area contributed by atoms with Gasteiger partial charge in [-0.1, -0.05) is 43.2 Å². The first-order chi connectivity index (χ1) is 13.4. The molecule has 2 aliphatic rings. The molecule has 1 heterocycles. The fourth-order valence-corrected chi connectivity index (χ4v) is 4.90. The smallest absolute Gasteiger partial charge is 0.323 e. The fraction of sp³-hybridized carbons (Fsp3) is 0.591. The fourth-order valence-electron chi connectivity index (χ4n) is 4.90. The molecule has 152 valence electrons. The summed E-state index contributed by atoms with van der Waals surface area (Å²) in [5.74, 6) is -1.02. The van der Waals surface area contributed by atoms with Gasteiger partial charge in [-0.3, -0.25) is 14.4 Å². The minimum Gasteiger partial charge on any atom is -0.480 e. The van der Waals surface area contributed by atoms with Crippen molar-refractivity contribution in [1.82, 2.24) is 9.80 Å². The molecule has 2 amide bonds. The molecule has 3 rings (SSSR count). The quantitative estimate of drug-likeness (QED) is 0.844. The van der Waals surface area contributed by atoms with Gasteiger partial charge in [-0.15, -0.1) is 0 Å². The molecule has 1 aromatic rings. The summed E-state index contributed by atoms with van der Waals surface area (Å²) in [7, 11) is 0. The molecular formula is C22H30N2O4. The van der Waals surface area contributed by atoms with E-state index in [0.29, 0.717) is 19.5 Å². The molecule has 1 saturated carbocycles. The topological polar surface area (TPSA) is 77.9 Å². The Kier molecular flexibility index (Phi) is 6.37. The van der Waals surface area contributed by atoms with Gasteiger partial charge in [0.1, 0.15) is 6.54 Å². The molecule has 0 spiro atoms. The number of carbonyl (C=O) groups is 3. The highest BCUT2D eigenvalue weighted by molar-refractivity contribution is 5.88. The lowest BCUT2D eigenvalue weighted by Crippen LogP contribution is -2.47. The van der Waals surface area contributed by atoms with Crippen molar-refractivity contribution in [3.63, 3.8) is 0 Å². The van der Waals surface area contributed by atoms with Crippen molar-refractivity contribution in [2.45, 2.75) is 63.3 Å². The highest BCUT2D eigenvalue weighted by atomic mass is 16.4. The molecule has 28 heavy (non-hydrogen) atoms. The van der Waals surface area contributed by atoms with E-state index in [-0.39, 0.29) is 24.4 Å². The Labute approximate surface area is 166 Å². The van der Waals surface area contributed by atoms with Crippen LogP contribution in [0.15, 0.2) is 30.3 Å². The van der Waals surface area contributed by atoms with Crippen molar-refractivity contribution >= 4 is 17.8 Å². The number of amides is 2. The summed E-state index contributed by atoms with van der Waals surface area (Å²) in [5, 5.41) is 9.12. The Balaban J connectivity index is 1.75. The van der Waals surface area contributed by atoms with E-state index in [0.717, 1.165) is 44.1 Å². The van der Waals surface area contributed by atoms with E-state index in [4.69, 9.17) is 5.11 Å². The van der Waals surface area contributed by atoms with E-state index in [1.54, 1.807) is 0 Å². The van der Waals surface area contributed by atoms with Gasteiger partial charge in [-0.2, -0.15) is 0 Å². The molecule has 0 aromatic heterocycles. The van der Waals surface area contributed by atoms with E-state index < -0.39 is 11.4 Å². The molecule has 0 radical (unpaired) electrons. The second kappa shape index (κ2) is 8.76. The molecule has 2 fully saturated rings. The molecule has 6 nitrogen and oxygen atoms in total. The summed E-state index contributed by atoms with van der Waals surface area (Å²) in [6, 6.07) is 9.98. The van der Waals surface area contributed by atoms with Crippen LogP contribution < -0.4 is 0 Å². The van der Waals surface area contributed by atoms with Crippen molar-refractivity contribution in [3.05, 3.63) is 35.9 Å². The van der Waals surface area contributed by atoms with E-state index in [2.05, 4.69) is 12.1 Å². The van der Waals surface area contributed by atoms with Crippen molar-refractivity contribution in [1.29, 1.82) is 0 Å². The van der Waals surface area contributed by atoms with Crippen molar-refractivity contribution < 1.29 is 19.5 Å². The normalized spacial score (nSPS) is 21.8. The van der Waals surface area contributed by atoms with Crippen LogP contribution >= 0.6 is 0 Å². The molecule has 1 aromatic carbocycles. The lowest BCUT2D eigenvalue weighted by atomic mass is 9.77. The second-order valence-corrected chi connectivity index (χ2v) is 8.07. The maximum absolute atomic E-state index is 13.6. The molecule has 1 aliphatic carbocycles. The Bertz CT molecular complexity index is 713. The lowest BCUT2D eigenvalue weighted by Gasteiger charge is -2.35. The molecular weight excluding hydrogens is 356 g/mol. The van der Waals surface area contributed by atoms with E-state index in [1.807, 2.05) is 23.1 Å². The minimum absolute atomic E-state index is 0.123. The van der Waals surface area contributed by atoms with Crippen LogP contribution in [0.5, 0.6) is 0 Å². The summed E-state index contributed by atoms with van der Waals surface area (Å²) in [4.78, 5) is 40.1. The number of likely N-dealkylation sites (tertiary alicyclic amines) is 1. The van der Waals surface area contributed by atoms with Gasteiger partial charge < -0.3 is 14.9 Å². The Morgan fingerprint density at radius 2 is 1.75 bits per heavy atom. The van der Waals surface area contributed by atoms with Gasteiger partial charge in [0.25, 0.3) is 0 Å². The predicted molar refractivity (Wildman–Crippen MR) is 106 cm³/mol. The Morgan fingerprint density at radius 3 is 2.36 bits per heavy atom. The number of carboxylic acids is 1. The first-order valence-corrected chi connectivity index (χ1v) is 10.3. The van der Waals surface area contributed by atoms with Crippen LogP contribution in [0.3, 0.4) is 0 Å². The van der Waals surface area contributed by atoms with Gasteiger partial charge in [-0.05, 0) is 37.7 Å². The number of hydrogen-bond acceptors (Lipinski definition) is 3. The van der Waals surface area contributed by atoms with Gasteiger partial charge in [0.15, 0.2) is 0 Å². The number of aliphatic carboxylic acids is 1. The third kappa shape index (κ3) is 4.21. The zero-order valence-electron chi connectivity index (χ0n) is 16.6. The molecule has 1 atom stereocenters. The zero-order chi connectivity index (χ0) is 20.1. The molecule has 6 heteroatoms. The zero-order valence-corrected chi connectivity index (χ0v) is 16.6. The average molecular weight is 386 g/mol. The Hall–Kier alpha value is -2.37. The lowest BCUT2D eigenvalue weighted by molar-refractivity contribution is -0.145. The van der Waals surface area contributed by atoms with Gasteiger partial charge in [0, 0.05) is 26.1 Å². The summed E-state index contributed by atoms with van der Waals surface area (Å²) in [6.45, 7) is 2.38. The van der Waals surface area contributed by atoms with Crippen LogP contribution in [-0.2, 0) is 19.8 Å². The largest absolute Gasteiger partial charge is 0.480 e. The Morgan fingerprint density at radius 1 is 1.07 bits per heavy atom. The van der Waals surface area contributed by atoms with E-state index in [9.17, 15) is 14.4 Å².